The lowest BCUT2D eigenvalue weighted by Gasteiger charge is -2.23. The van der Waals surface area contributed by atoms with E-state index in [0.717, 1.165) is 37.0 Å². The average molecular weight is 483 g/mol. The van der Waals surface area contributed by atoms with Gasteiger partial charge in [0.2, 0.25) is 0 Å². The molecular formula is C21H30IN3O2. The minimum atomic E-state index is 0. The molecule has 2 unspecified atom stereocenters. The second-order valence-corrected chi connectivity index (χ2v) is 7.23. The molecule has 0 fully saturated rings. The Kier molecular flexibility index (Phi) is 8.47. The summed E-state index contributed by atoms with van der Waals surface area (Å²) in [5, 5.41) is 6.99. The zero-order valence-electron chi connectivity index (χ0n) is 16.3. The largest absolute Gasteiger partial charge is 0.493 e. The first-order chi connectivity index (χ1) is 12.6. The van der Waals surface area contributed by atoms with Crippen LogP contribution in [0.1, 0.15) is 38.0 Å². The predicted molar refractivity (Wildman–Crippen MR) is 120 cm³/mol. The van der Waals surface area contributed by atoms with Crippen LogP contribution in [0, 0.1) is 5.92 Å². The summed E-state index contributed by atoms with van der Waals surface area (Å²) < 4.78 is 11.2. The van der Waals surface area contributed by atoms with Crippen molar-refractivity contribution in [2.45, 2.75) is 39.2 Å². The zero-order valence-corrected chi connectivity index (χ0v) is 18.6. The lowest BCUT2D eigenvalue weighted by Crippen LogP contribution is -2.45. The topological polar surface area (TPSA) is 58.8 Å². The first kappa shape index (κ1) is 21.6. The Labute approximate surface area is 179 Å². The van der Waals surface area contributed by atoms with Crippen molar-refractivity contribution >= 4 is 29.9 Å². The highest BCUT2D eigenvalue weighted by Gasteiger charge is 2.29. The van der Waals surface area contributed by atoms with Crippen LogP contribution in [0.4, 0.5) is 0 Å². The summed E-state index contributed by atoms with van der Waals surface area (Å²) in [6, 6.07) is 12.4. The summed E-state index contributed by atoms with van der Waals surface area (Å²) in [4.78, 5) is 4.73. The summed E-state index contributed by atoms with van der Waals surface area (Å²) in [6.07, 6.45) is 2.54. The molecule has 0 radical (unpaired) electrons. The lowest BCUT2D eigenvalue weighted by atomic mass is 9.94. The summed E-state index contributed by atoms with van der Waals surface area (Å²) in [5.74, 6) is 3.67. The Morgan fingerprint density at radius 3 is 2.74 bits per heavy atom. The van der Waals surface area contributed by atoms with Gasteiger partial charge in [-0.2, -0.15) is 0 Å². The van der Waals surface area contributed by atoms with Gasteiger partial charge in [0.05, 0.1) is 12.9 Å². The summed E-state index contributed by atoms with van der Waals surface area (Å²) in [5.41, 5.74) is 1.27. The number of rotatable bonds is 7. The van der Waals surface area contributed by atoms with E-state index in [2.05, 4.69) is 43.5 Å². The molecule has 3 rings (SSSR count). The number of para-hydroxylation sites is 1. The van der Waals surface area contributed by atoms with E-state index in [-0.39, 0.29) is 30.0 Å². The van der Waals surface area contributed by atoms with Gasteiger partial charge in [0, 0.05) is 37.0 Å². The van der Waals surface area contributed by atoms with Crippen LogP contribution in [0.15, 0.2) is 52.1 Å². The van der Waals surface area contributed by atoms with Gasteiger partial charge in [0.1, 0.15) is 11.5 Å². The van der Waals surface area contributed by atoms with Gasteiger partial charge in [0.15, 0.2) is 5.96 Å². The van der Waals surface area contributed by atoms with Crippen molar-refractivity contribution in [3.63, 3.8) is 0 Å². The van der Waals surface area contributed by atoms with E-state index in [1.165, 1.54) is 5.56 Å². The number of aliphatic imine (C=N–C) groups is 1. The molecule has 6 heteroatoms. The van der Waals surface area contributed by atoms with Crippen molar-refractivity contribution in [1.29, 1.82) is 0 Å². The first-order valence-corrected chi connectivity index (χ1v) is 9.42. The van der Waals surface area contributed by atoms with Gasteiger partial charge in [0.25, 0.3) is 0 Å². The fourth-order valence-corrected chi connectivity index (χ4v) is 3.10. The van der Waals surface area contributed by atoms with Gasteiger partial charge < -0.3 is 19.8 Å². The van der Waals surface area contributed by atoms with Crippen molar-refractivity contribution in [1.82, 2.24) is 10.6 Å². The maximum absolute atomic E-state index is 5.83. The van der Waals surface area contributed by atoms with Gasteiger partial charge in [-0.05, 0) is 31.0 Å². The molecule has 2 aromatic rings. The highest BCUT2D eigenvalue weighted by Crippen LogP contribution is 2.35. The quantitative estimate of drug-likeness (QED) is 0.352. The van der Waals surface area contributed by atoms with E-state index in [4.69, 9.17) is 14.1 Å². The van der Waals surface area contributed by atoms with E-state index in [0.29, 0.717) is 18.4 Å². The van der Waals surface area contributed by atoms with E-state index in [1.54, 1.807) is 6.26 Å². The number of ether oxygens (including phenoxy) is 1. The smallest absolute Gasteiger partial charge is 0.191 e. The minimum absolute atomic E-state index is 0. The summed E-state index contributed by atoms with van der Waals surface area (Å²) >= 11 is 0. The lowest BCUT2D eigenvalue weighted by molar-refractivity contribution is 0.312. The van der Waals surface area contributed by atoms with Gasteiger partial charge in [-0.25, -0.2) is 0 Å². The van der Waals surface area contributed by atoms with Gasteiger partial charge in [-0.3, -0.25) is 4.99 Å². The Hall–Kier alpha value is -1.70. The third-order valence-electron chi connectivity index (χ3n) is 4.56. The fraction of sp³-hybridized carbons (Fsp3) is 0.476. The Balaban J connectivity index is 0.00000261. The maximum atomic E-state index is 5.83. The number of halogens is 1. The number of benzene rings is 1. The molecule has 0 saturated carbocycles. The molecule has 0 aliphatic carbocycles. The van der Waals surface area contributed by atoms with E-state index in [1.807, 2.05) is 24.3 Å². The molecule has 0 saturated heterocycles. The van der Waals surface area contributed by atoms with Gasteiger partial charge >= 0.3 is 0 Å². The number of furan rings is 1. The van der Waals surface area contributed by atoms with E-state index in [9.17, 15) is 0 Å². The van der Waals surface area contributed by atoms with Crippen molar-refractivity contribution in [3.05, 3.63) is 54.0 Å². The van der Waals surface area contributed by atoms with Gasteiger partial charge in [-0.1, -0.05) is 32.0 Å². The van der Waals surface area contributed by atoms with Crippen LogP contribution in [-0.4, -0.2) is 31.7 Å². The molecule has 0 amide bonds. The molecule has 1 aromatic heterocycles. The molecule has 148 valence electrons. The SMILES string of the molecule is CC(C)CN=C(NCCc1ccco1)NC(C)C1COc2ccccc21.I. The molecule has 1 aliphatic heterocycles. The first-order valence-electron chi connectivity index (χ1n) is 9.42. The van der Waals surface area contributed by atoms with Crippen LogP contribution in [-0.2, 0) is 6.42 Å². The zero-order chi connectivity index (χ0) is 18.4. The van der Waals surface area contributed by atoms with E-state index >= 15 is 0 Å². The van der Waals surface area contributed by atoms with Crippen LogP contribution in [0.25, 0.3) is 0 Å². The number of nitrogens with one attached hydrogen (secondary N) is 2. The fourth-order valence-electron chi connectivity index (χ4n) is 3.10. The molecule has 0 spiro atoms. The van der Waals surface area contributed by atoms with Crippen molar-refractivity contribution < 1.29 is 9.15 Å². The Morgan fingerprint density at radius 1 is 1.19 bits per heavy atom. The summed E-state index contributed by atoms with van der Waals surface area (Å²) in [7, 11) is 0. The highest BCUT2D eigenvalue weighted by atomic mass is 127. The van der Waals surface area contributed by atoms with Crippen LogP contribution in [0.3, 0.4) is 0 Å². The monoisotopic (exact) mass is 483 g/mol. The Bertz CT molecular complexity index is 716. The van der Waals surface area contributed by atoms with Crippen LogP contribution < -0.4 is 15.4 Å². The summed E-state index contributed by atoms with van der Waals surface area (Å²) in [6.45, 7) is 8.82. The van der Waals surface area contributed by atoms with E-state index < -0.39 is 0 Å². The minimum Gasteiger partial charge on any atom is -0.493 e. The standard InChI is InChI=1S/C21H29N3O2.HI/c1-15(2)13-23-21(22-11-10-17-7-6-12-25-17)24-16(3)19-14-26-20-9-5-4-8-18(19)20;/h4-9,12,15-16,19H,10-11,13-14H2,1-3H3,(H2,22,23,24);1H. The molecule has 0 bridgehead atoms. The maximum Gasteiger partial charge on any atom is 0.191 e. The van der Waals surface area contributed by atoms with Gasteiger partial charge in [-0.15, -0.1) is 24.0 Å². The number of hydrogen-bond donors (Lipinski definition) is 2. The second-order valence-electron chi connectivity index (χ2n) is 7.23. The molecule has 1 aliphatic rings. The molecular weight excluding hydrogens is 453 g/mol. The third-order valence-corrected chi connectivity index (χ3v) is 4.56. The van der Waals surface area contributed by atoms with Crippen molar-refractivity contribution in [2.75, 3.05) is 19.7 Å². The number of hydrogen-bond acceptors (Lipinski definition) is 3. The number of fused-ring (bicyclic) bond motifs is 1. The van der Waals surface area contributed by atoms with Crippen LogP contribution in [0.2, 0.25) is 0 Å². The second kappa shape index (κ2) is 10.6. The average Bonchev–Trinajstić information content (AvgIpc) is 3.28. The number of guanidine groups is 1. The van der Waals surface area contributed by atoms with Crippen molar-refractivity contribution in [3.8, 4) is 5.75 Å². The molecule has 2 N–H and O–H groups in total. The molecule has 5 nitrogen and oxygen atoms in total. The molecule has 2 heterocycles. The Morgan fingerprint density at radius 2 is 2.00 bits per heavy atom. The van der Waals surface area contributed by atoms with Crippen molar-refractivity contribution in [2.24, 2.45) is 10.9 Å². The third kappa shape index (κ3) is 6.16. The molecule has 1 aromatic carbocycles. The van der Waals surface area contributed by atoms with Crippen LogP contribution >= 0.6 is 24.0 Å². The van der Waals surface area contributed by atoms with Crippen LogP contribution in [0.5, 0.6) is 5.75 Å². The molecule has 2 atom stereocenters. The highest BCUT2D eigenvalue weighted by molar-refractivity contribution is 14.0. The molecule has 27 heavy (non-hydrogen) atoms. The predicted octanol–water partition coefficient (Wildman–Crippen LogP) is 4.20. The normalized spacial score (nSPS) is 17.0. The number of nitrogens with zero attached hydrogens (tertiary/aromatic N) is 1.